The summed E-state index contributed by atoms with van der Waals surface area (Å²) >= 11 is 0. The van der Waals surface area contributed by atoms with Crippen molar-refractivity contribution in [3.8, 4) is 0 Å². The highest BCUT2D eigenvalue weighted by molar-refractivity contribution is 6.10. The van der Waals surface area contributed by atoms with Gasteiger partial charge in [0.25, 0.3) is 0 Å². The van der Waals surface area contributed by atoms with E-state index in [0.717, 1.165) is 47.4 Å². The smallest absolute Gasteiger partial charge is 0.154 e. The number of pyridine rings is 2. The molecular weight excluding hydrogens is 440 g/mol. The fourth-order valence-electron chi connectivity index (χ4n) is 4.07. The van der Waals surface area contributed by atoms with Crippen LogP contribution in [0.3, 0.4) is 0 Å². The number of nitrogens with two attached hydrogens (primary N) is 1. The highest BCUT2D eigenvalue weighted by Gasteiger charge is 2.16. The molecule has 0 aromatic carbocycles. The minimum Gasteiger partial charge on any atom is -0.404 e. The van der Waals surface area contributed by atoms with Gasteiger partial charge in [0.15, 0.2) is 5.82 Å². The van der Waals surface area contributed by atoms with E-state index in [2.05, 4.69) is 44.2 Å². The van der Waals surface area contributed by atoms with Crippen molar-refractivity contribution in [2.75, 3.05) is 38.6 Å². The molecule has 1 unspecified atom stereocenters. The first-order valence-corrected chi connectivity index (χ1v) is 12.1. The number of nitrogens with zero attached hydrogens (tertiary/aromatic N) is 6. The summed E-state index contributed by atoms with van der Waals surface area (Å²) in [5.74, 6) is 1.69. The molecule has 3 N–H and O–H groups in total. The Morgan fingerprint density at radius 2 is 2.00 bits per heavy atom. The zero-order valence-corrected chi connectivity index (χ0v) is 20.7. The van der Waals surface area contributed by atoms with Gasteiger partial charge in [-0.3, -0.25) is 9.98 Å². The highest BCUT2D eigenvalue weighted by Crippen LogP contribution is 2.21. The molecule has 1 fully saturated rings. The Kier molecular flexibility index (Phi) is 8.33. The maximum absolute atomic E-state index is 5.93. The largest absolute Gasteiger partial charge is 0.404 e. The van der Waals surface area contributed by atoms with Crippen LogP contribution in [0.25, 0.3) is 16.6 Å². The summed E-state index contributed by atoms with van der Waals surface area (Å²) < 4.78 is 5.63. The van der Waals surface area contributed by atoms with Gasteiger partial charge in [-0.05, 0) is 61.7 Å². The minimum absolute atomic E-state index is 0.0608. The average molecular weight is 475 g/mol. The van der Waals surface area contributed by atoms with Gasteiger partial charge < -0.3 is 20.7 Å². The standard InChI is InChI=1S/C26H34N8O/c1-18(2)19-11-26(33-30-15-19)32-25-7-6-23-24(31-25)10-20(14-29-23)21(12-27)13-28-16-22(35-3)17-34-8-4-5-9-34/h6-7,10-15,18,22H,4-5,8-9,16-17,27H2,1-3H3,(H,31,32,33). The van der Waals surface area contributed by atoms with E-state index >= 15 is 0 Å². The Labute approximate surface area is 206 Å². The van der Waals surface area contributed by atoms with Crippen molar-refractivity contribution in [3.63, 3.8) is 0 Å². The number of fused-ring (bicyclic) bond motifs is 1. The van der Waals surface area contributed by atoms with Crippen LogP contribution >= 0.6 is 0 Å². The van der Waals surface area contributed by atoms with Crippen molar-refractivity contribution in [2.45, 2.75) is 38.7 Å². The number of allylic oxidation sites excluding steroid dienone is 1. The lowest BCUT2D eigenvalue weighted by Gasteiger charge is -2.20. The van der Waals surface area contributed by atoms with Crippen molar-refractivity contribution in [2.24, 2.45) is 10.7 Å². The van der Waals surface area contributed by atoms with Crippen LogP contribution in [0.5, 0.6) is 0 Å². The normalized spacial score (nSPS) is 15.9. The van der Waals surface area contributed by atoms with Gasteiger partial charge in [0, 0.05) is 43.4 Å². The molecule has 1 saturated heterocycles. The molecule has 0 saturated carbocycles. The fourth-order valence-corrected chi connectivity index (χ4v) is 4.07. The molecule has 0 bridgehead atoms. The van der Waals surface area contributed by atoms with Gasteiger partial charge in [-0.15, -0.1) is 5.10 Å². The molecular formula is C26H34N8O. The van der Waals surface area contributed by atoms with Crippen LogP contribution in [-0.2, 0) is 4.74 Å². The first-order chi connectivity index (χ1) is 17.1. The van der Waals surface area contributed by atoms with Gasteiger partial charge >= 0.3 is 0 Å². The first kappa shape index (κ1) is 24.7. The monoisotopic (exact) mass is 474 g/mol. The molecule has 0 radical (unpaired) electrons. The summed E-state index contributed by atoms with van der Waals surface area (Å²) in [7, 11) is 1.74. The summed E-state index contributed by atoms with van der Waals surface area (Å²) in [5, 5.41) is 11.5. The third-order valence-electron chi connectivity index (χ3n) is 6.18. The molecule has 1 aliphatic heterocycles. The second-order valence-electron chi connectivity index (χ2n) is 9.09. The molecule has 0 aliphatic carbocycles. The Morgan fingerprint density at radius 1 is 1.17 bits per heavy atom. The number of aromatic nitrogens is 4. The maximum Gasteiger partial charge on any atom is 0.154 e. The maximum atomic E-state index is 5.93. The molecule has 1 atom stereocenters. The van der Waals surface area contributed by atoms with Gasteiger partial charge in [0.2, 0.25) is 0 Å². The van der Waals surface area contributed by atoms with Gasteiger partial charge in [-0.2, -0.15) is 5.10 Å². The Morgan fingerprint density at radius 3 is 2.74 bits per heavy atom. The number of rotatable bonds is 10. The Bertz CT molecular complexity index is 1190. The van der Waals surface area contributed by atoms with Crippen LogP contribution in [0.2, 0.25) is 0 Å². The minimum atomic E-state index is 0.0608. The van der Waals surface area contributed by atoms with Crippen LogP contribution in [-0.4, -0.2) is 70.7 Å². The molecule has 0 amide bonds. The van der Waals surface area contributed by atoms with E-state index in [0.29, 0.717) is 24.1 Å². The molecule has 3 aromatic rings. The number of ether oxygens (including phenoxy) is 1. The fraction of sp³-hybridized carbons (Fsp3) is 0.423. The van der Waals surface area contributed by atoms with Crippen molar-refractivity contribution >= 4 is 34.5 Å². The van der Waals surface area contributed by atoms with E-state index in [-0.39, 0.29) is 6.10 Å². The number of aliphatic imine (C=N–C) groups is 1. The van der Waals surface area contributed by atoms with Crippen LogP contribution in [0.1, 0.15) is 43.7 Å². The molecule has 4 rings (SSSR count). The molecule has 1 aliphatic rings. The zero-order chi connectivity index (χ0) is 24.6. The summed E-state index contributed by atoms with van der Waals surface area (Å²) in [5.41, 5.74) is 10.2. The van der Waals surface area contributed by atoms with Crippen molar-refractivity contribution in [1.82, 2.24) is 25.1 Å². The summed E-state index contributed by atoms with van der Waals surface area (Å²) in [6.45, 7) is 8.00. The van der Waals surface area contributed by atoms with E-state index in [4.69, 9.17) is 15.5 Å². The number of hydrogen-bond acceptors (Lipinski definition) is 9. The third-order valence-corrected chi connectivity index (χ3v) is 6.18. The zero-order valence-electron chi connectivity index (χ0n) is 20.7. The van der Waals surface area contributed by atoms with Gasteiger partial charge in [-0.1, -0.05) is 13.8 Å². The molecule has 9 heteroatoms. The molecule has 35 heavy (non-hydrogen) atoms. The van der Waals surface area contributed by atoms with Crippen LogP contribution < -0.4 is 11.1 Å². The first-order valence-electron chi connectivity index (χ1n) is 12.1. The van der Waals surface area contributed by atoms with Crippen molar-refractivity contribution < 1.29 is 4.74 Å². The number of methoxy groups -OCH3 is 1. The van der Waals surface area contributed by atoms with E-state index in [1.807, 2.05) is 24.3 Å². The van der Waals surface area contributed by atoms with Gasteiger partial charge in [-0.25, -0.2) is 4.98 Å². The predicted molar refractivity (Wildman–Crippen MR) is 141 cm³/mol. The van der Waals surface area contributed by atoms with Gasteiger partial charge in [0.05, 0.1) is 29.9 Å². The van der Waals surface area contributed by atoms with Crippen molar-refractivity contribution in [3.05, 3.63) is 54.0 Å². The van der Waals surface area contributed by atoms with Crippen LogP contribution in [0, 0.1) is 0 Å². The van der Waals surface area contributed by atoms with Crippen LogP contribution in [0.4, 0.5) is 11.6 Å². The lowest BCUT2D eigenvalue weighted by Crippen LogP contribution is -2.33. The van der Waals surface area contributed by atoms with E-state index < -0.39 is 0 Å². The lowest BCUT2D eigenvalue weighted by molar-refractivity contribution is 0.0781. The summed E-state index contributed by atoms with van der Waals surface area (Å²) in [4.78, 5) is 16.3. The average Bonchev–Trinajstić information content (AvgIpc) is 3.39. The Balaban J connectivity index is 1.47. The second kappa shape index (κ2) is 11.8. The number of nitrogens with one attached hydrogen (secondary N) is 1. The number of likely N-dealkylation sites (tertiary alicyclic amines) is 1. The number of hydrogen-bond donors (Lipinski definition) is 2. The van der Waals surface area contributed by atoms with Crippen LogP contribution in [0.15, 0.2) is 47.9 Å². The summed E-state index contributed by atoms with van der Waals surface area (Å²) in [6, 6.07) is 7.76. The molecule has 184 valence electrons. The van der Waals surface area contributed by atoms with E-state index in [9.17, 15) is 0 Å². The van der Waals surface area contributed by atoms with Crippen molar-refractivity contribution in [1.29, 1.82) is 0 Å². The van der Waals surface area contributed by atoms with E-state index in [1.54, 1.807) is 31.9 Å². The second-order valence-corrected chi connectivity index (χ2v) is 9.09. The SMILES string of the molecule is COC(CN=CC(=CN)c1cnc2ccc(Nc3cc(C(C)C)cnn3)nc2c1)CN1CCCC1. The third kappa shape index (κ3) is 6.58. The Hall–Kier alpha value is -3.43. The van der Waals surface area contributed by atoms with E-state index in [1.165, 1.54) is 12.8 Å². The molecule has 4 heterocycles. The lowest BCUT2D eigenvalue weighted by atomic mass is 10.1. The molecule has 0 spiro atoms. The van der Waals surface area contributed by atoms with Gasteiger partial charge in [0.1, 0.15) is 5.82 Å². The molecule has 3 aromatic heterocycles. The quantitative estimate of drug-likeness (QED) is 0.427. The summed E-state index contributed by atoms with van der Waals surface area (Å²) in [6.07, 6.45) is 9.49. The number of anilines is 2. The topological polar surface area (TPSA) is 114 Å². The molecule has 9 nitrogen and oxygen atoms in total. The highest BCUT2D eigenvalue weighted by atomic mass is 16.5. The predicted octanol–water partition coefficient (Wildman–Crippen LogP) is 3.77.